The Balaban J connectivity index is 2.29. The van der Waals surface area contributed by atoms with Crippen molar-refractivity contribution in [2.75, 3.05) is 33.7 Å². The summed E-state index contributed by atoms with van der Waals surface area (Å²) < 4.78 is 0. The molecule has 6 heteroatoms. The van der Waals surface area contributed by atoms with Gasteiger partial charge in [-0.15, -0.1) is 0 Å². The Morgan fingerprint density at radius 3 is 2.43 bits per heavy atom. The molecule has 0 saturated carbocycles. The number of hydrogen-bond donors (Lipinski definition) is 3. The fourth-order valence-electron chi connectivity index (χ4n) is 1.86. The smallest absolute Gasteiger partial charge is 0.335 e. The molecular formula is C15H23N3O3. The van der Waals surface area contributed by atoms with Crippen molar-refractivity contribution >= 4 is 12.0 Å². The first-order valence-corrected chi connectivity index (χ1v) is 7.00. The van der Waals surface area contributed by atoms with Gasteiger partial charge in [0, 0.05) is 20.1 Å². The lowest BCUT2D eigenvalue weighted by atomic mass is 10.1. The van der Waals surface area contributed by atoms with Crippen molar-refractivity contribution in [3.8, 4) is 0 Å². The third kappa shape index (κ3) is 6.27. The summed E-state index contributed by atoms with van der Waals surface area (Å²) in [6.45, 7) is 2.12. The third-order valence-corrected chi connectivity index (χ3v) is 3.16. The molecule has 1 rings (SSSR count). The average Bonchev–Trinajstić information content (AvgIpc) is 2.47. The van der Waals surface area contributed by atoms with Gasteiger partial charge in [0.25, 0.3) is 0 Å². The Morgan fingerprint density at radius 2 is 1.86 bits per heavy atom. The predicted octanol–water partition coefficient (Wildman–Crippen LogP) is 1.18. The van der Waals surface area contributed by atoms with E-state index in [9.17, 15) is 9.59 Å². The molecule has 21 heavy (non-hydrogen) atoms. The van der Waals surface area contributed by atoms with Crippen LogP contribution in [0.15, 0.2) is 24.3 Å². The van der Waals surface area contributed by atoms with Gasteiger partial charge < -0.3 is 20.6 Å². The highest BCUT2D eigenvalue weighted by molar-refractivity contribution is 5.87. The molecule has 0 fully saturated rings. The molecule has 0 aliphatic carbocycles. The van der Waals surface area contributed by atoms with Crippen molar-refractivity contribution in [3.63, 3.8) is 0 Å². The van der Waals surface area contributed by atoms with Gasteiger partial charge in [0.15, 0.2) is 0 Å². The summed E-state index contributed by atoms with van der Waals surface area (Å²) in [7, 11) is 3.66. The number of hydrogen-bond acceptors (Lipinski definition) is 3. The van der Waals surface area contributed by atoms with Crippen LogP contribution in [0, 0.1) is 0 Å². The number of urea groups is 1. The maximum absolute atomic E-state index is 11.8. The molecule has 116 valence electrons. The first-order valence-electron chi connectivity index (χ1n) is 7.00. The van der Waals surface area contributed by atoms with Crippen LogP contribution in [0.5, 0.6) is 0 Å². The number of rotatable bonds is 8. The molecule has 6 nitrogen and oxygen atoms in total. The lowest BCUT2D eigenvalue weighted by molar-refractivity contribution is 0.0697. The van der Waals surface area contributed by atoms with Crippen molar-refractivity contribution < 1.29 is 14.7 Å². The number of carboxylic acid groups (broad SMARTS) is 1. The molecule has 0 heterocycles. The van der Waals surface area contributed by atoms with Crippen molar-refractivity contribution in [2.45, 2.75) is 12.8 Å². The number of carbonyl (C=O) groups excluding carboxylic acids is 1. The second-order valence-corrected chi connectivity index (χ2v) is 4.86. The minimum Gasteiger partial charge on any atom is -0.478 e. The van der Waals surface area contributed by atoms with Crippen molar-refractivity contribution in [1.29, 1.82) is 0 Å². The molecule has 0 saturated heterocycles. The molecule has 0 atom stereocenters. The van der Waals surface area contributed by atoms with Gasteiger partial charge in [-0.05, 0) is 44.1 Å². The van der Waals surface area contributed by atoms with Gasteiger partial charge in [-0.25, -0.2) is 9.59 Å². The Bertz CT molecular complexity index is 460. The largest absolute Gasteiger partial charge is 0.478 e. The van der Waals surface area contributed by atoms with E-state index in [4.69, 9.17) is 5.11 Å². The van der Waals surface area contributed by atoms with Crippen LogP contribution < -0.4 is 10.6 Å². The molecule has 0 aliphatic rings. The van der Waals surface area contributed by atoms with Crippen molar-refractivity contribution in [1.82, 2.24) is 15.5 Å². The quantitative estimate of drug-likeness (QED) is 0.629. The minimum absolute atomic E-state index is 0.0896. The molecule has 1 aromatic rings. The van der Waals surface area contributed by atoms with Gasteiger partial charge in [0.2, 0.25) is 0 Å². The molecule has 0 radical (unpaired) electrons. The summed E-state index contributed by atoms with van der Waals surface area (Å²) in [4.78, 5) is 24.2. The predicted molar refractivity (Wildman–Crippen MR) is 81.7 cm³/mol. The number of benzene rings is 1. The third-order valence-electron chi connectivity index (χ3n) is 3.16. The number of amides is 2. The van der Waals surface area contributed by atoms with E-state index in [1.165, 1.54) is 0 Å². The van der Waals surface area contributed by atoms with E-state index >= 15 is 0 Å². The highest BCUT2D eigenvalue weighted by atomic mass is 16.4. The highest BCUT2D eigenvalue weighted by Crippen LogP contribution is 2.04. The van der Waals surface area contributed by atoms with E-state index in [0.29, 0.717) is 19.5 Å². The molecule has 0 aliphatic heterocycles. The van der Waals surface area contributed by atoms with E-state index < -0.39 is 5.97 Å². The highest BCUT2D eigenvalue weighted by Gasteiger charge is 2.07. The minimum atomic E-state index is -0.932. The topological polar surface area (TPSA) is 81.7 Å². The molecular weight excluding hydrogens is 270 g/mol. The number of aromatic carboxylic acids is 1. The summed E-state index contributed by atoms with van der Waals surface area (Å²) >= 11 is 0. The first-order chi connectivity index (χ1) is 10.0. The zero-order valence-electron chi connectivity index (χ0n) is 12.6. The van der Waals surface area contributed by atoms with Crippen LogP contribution in [0.3, 0.4) is 0 Å². The summed E-state index contributed by atoms with van der Waals surface area (Å²) in [6.07, 6.45) is 1.59. The summed E-state index contributed by atoms with van der Waals surface area (Å²) in [6, 6.07) is 6.60. The second-order valence-electron chi connectivity index (χ2n) is 4.86. The molecule has 0 unspecified atom stereocenters. The Morgan fingerprint density at radius 1 is 1.19 bits per heavy atom. The fraction of sp³-hybridized carbons (Fsp3) is 0.467. The zero-order chi connectivity index (χ0) is 15.7. The van der Waals surface area contributed by atoms with Crippen molar-refractivity contribution in [2.24, 2.45) is 0 Å². The van der Waals surface area contributed by atoms with E-state index in [-0.39, 0.29) is 11.6 Å². The van der Waals surface area contributed by atoms with Gasteiger partial charge in [-0.3, -0.25) is 0 Å². The molecule has 1 aromatic carbocycles. The van der Waals surface area contributed by atoms with Crippen molar-refractivity contribution in [3.05, 3.63) is 35.4 Å². The number of nitrogens with zero attached hydrogens (tertiary/aromatic N) is 1. The van der Waals surface area contributed by atoms with Gasteiger partial charge in [-0.2, -0.15) is 0 Å². The lowest BCUT2D eigenvalue weighted by Gasteiger charge is -2.17. The summed E-state index contributed by atoms with van der Waals surface area (Å²) in [5, 5.41) is 14.7. The number of nitrogens with one attached hydrogen (secondary N) is 2. The number of carboxylic acids is 1. The molecule has 0 spiro atoms. The maximum Gasteiger partial charge on any atom is 0.335 e. The van der Waals surface area contributed by atoms with E-state index in [0.717, 1.165) is 18.5 Å². The van der Waals surface area contributed by atoms with Crippen LogP contribution in [0.2, 0.25) is 0 Å². The summed E-state index contributed by atoms with van der Waals surface area (Å²) in [5.74, 6) is -0.932. The maximum atomic E-state index is 11.8. The monoisotopic (exact) mass is 293 g/mol. The molecule has 2 amide bonds. The summed E-state index contributed by atoms with van der Waals surface area (Å²) in [5.41, 5.74) is 1.27. The first kappa shape index (κ1) is 17.0. The van der Waals surface area contributed by atoms with Crippen LogP contribution in [-0.4, -0.2) is 55.7 Å². The molecule has 3 N–H and O–H groups in total. The Labute approximate surface area is 125 Å². The Hall–Kier alpha value is -2.08. The Kier molecular flexibility index (Phi) is 7.25. The average molecular weight is 293 g/mol. The SMILES string of the molecule is CNCCCN(C)C(=O)NCCc1ccc(C(=O)O)cc1. The van der Waals surface area contributed by atoms with Gasteiger partial charge in [0.05, 0.1) is 5.56 Å². The normalized spacial score (nSPS) is 10.2. The standard InChI is InChI=1S/C15H23N3O3/c1-16-9-3-11-18(2)15(21)17-10-8-12-4-6-13(7-5-12)14(19)20/h4-7,16H,3,8-11H2,1-2H3,(H,17,21)(H,19,20). The van der Waals surface area contributed by atoms with Crippen LogP contribution in [-0.2, 0) is 6.42 Å². The van der Waals surface area contributed by atoms with Gasteiger partial charge in [-0.1, -0.05) is 12.1 Å². The van der Waals surface area contributed by atoms with Gasteiger partial charge in [0.1, 0.15) is 0 Å². The van der Waals surface area contributed by atoms with Crippen LogP contribution in [0.25, 0.3) is 0 Å². The number of carbonyl (C=O) groups is 2. The lowest BCUT2D eigenvalue weighted by Crippen LogP contribution is -2.39. The molecule has 0 bridgehead atoms. The van der Waals surface area contributed by atoms with Gasteiger partial charge >= 0.3 is 12.0 Å². The van der Waals surface area contributed by atoms with E-state index in [1.54, 1.807) is 36.2 Å². The van der Waals surface area contributed by atoms with Crippen LogP contribution >= 0.6 is 0 Å². The van der Waals surface area contributed by atoms with Crippen LogP contribution in [0.1, 0.15) is 22.3 Å². The fourth-order valence-corrected chi connectivity index (χ4v) is 1.86. The molecule has 0 aromatic heterocycles. The zero-order valence-corrected chi connectivity index (χ0v) is 12.6. The van der Waals surface area contributed by atoms with E-state index in [1.807, 2.05) is 7.05 Å². The van der Waals surface area contributed by atoms with Crippen LogP contribution in [0.4, 0.5) is 4.79 Å². The van der Waals surface area contributed by atoms with E-state index in [2.05, 4.69) is 10.6 Å². The second kappa shape index (κ2) is 8.97.